The highest BCUT2D eigenvalue weighted by Crippen LogP contribution is 2.33. The zero-order valence-electron chi connectivity index (χ0n) is 16.5. The van der Waals surface area contributed by atoms with Crippen molar-refractivity contribution in [3.05, 3.63) is 76.6 Å². The number of aryl methyl sites for hydroxylation is 1. The van der Waals surface area contributed by atoms with Crippen LogP contribution < -0.4 is 4.74 Å². The Kier molecular flexibility index (Phi) is 6.04. The molecule has 0 bridgehead atoms. The maximum absolute atomic E-state index is 13.8. The molecule has 4 nitrogen and oxygen atoms in total. The smallest absolute Gasteiger partial charge is 0.356 e. The van der Waals surface area contributed by atoms with E-state index in [-0.39, 0.29) is 12.4 Å². The van der Waals surface area contributed by atoms with Gasteiger partial charge in [-0.05, 0) is 58.9 Å². The van der Waals surface area contributed by atoms with Crippen LogP contribution in [0.25, 0.3) is 21.7 Å². The summed E-state index contributed by atoms with van der Waals surface area (Å²) in [5, 5.41) is 2.84. The van der Waals surface area contributed by atoms with E-state index < -0.39 is 5.97 Å². The maximum Gasteiger partial charge on any atom is 0.356 e. The molecule has 0 saturated heterocycles. The van der Waals surface area contributed by atoms with Gasteiger partial charge in [-0.25, -0.2) is 9.18 Å². The molecule has 0 aliphatic heterocycles. The molecular formula is C24H21BrFNO3. The zero-order valence-corrected chi connectivity index (χ0v) is 18.1. The summed E-state index contributed by atoms with van der Waals surface area (Å²) in [5.74, 6) is 0.0466. The van der Waals surface area contributed by atoms with E-state index in [0.717, 1.165) is 22.0 Å². The third-order valence-corrected chi connectivity index (χ3v) is 5.77. The van der Waals surface area contributed by atoms with Crippen LogP contribution in [-0.4, -0.2) is 23.8 Å². The lowest BCUT2D eigenvalue weighted by Gasteiger charge is -2.12. The number of ether oxygens (including phenoxy) is 2. The van der Waals surface area contributed by atoms with Crippen molar-refractivity contribution in [3.63, 3.8) is 0 Å². The highest BCUT2D eigenvalue weighted by atomic mass is 79.9. The molecule has 0 amide bonds. The van der Waals surface area contributed by atoms with Crippen molar-refractivity contribution < 1.29 is 18.7 Å². The van der Waals surface area contributed by atoms with Crippen molar-refractivity contribution in [1.29, 1.82) is 0 Å². The molecule has 0 unspecified atom stereocenters. The molecule has 4 rings (SSSR count). The van der Waals surface area contributed by atoms with E-state index in [0.29, 0.717) is 35.1 Å². The van der Waals surface area contributed by atoms with Crippen molar-refractivity contribution in [1.82, 2.24) is 4.57 Å². The Morgan fingerprint density at radius 2 is 1.87 bits per heavy atom. The number of aromatic nitrogens is 1. The average Bonchev–Trinajstić information content (AvgIpc) is 3.02. The molecule has 0 radical (unpaired) electrons. The standard InChI is InChI=1S/C24H21BrFNO3/c1-2-29-24(28)23-22(25)19-15-17(26)11-12-20(19)27(23)13-6-14-30-21-10-5-8-16-7-3-4-9-18(16)21/h3-5,7-12,15H,2,6,13-14H2,1H3. The Labute approximate surface area is 182 Å². The molecule has 0 spiro atoms. The molecule has 0 aliphatic carbocycles. The first-order chi connectivity index (χ1) is 14.6. The van der Waals surface area contributed by atoms with E-state index in [1.165, 1.54) is 12.1 Å². The molecule has 0 saturated carbocycles. The number of benzene rings is 3. The summed E-state index contributed by atoms with van der Waals surface area (Å²) in [6, 6.07) is 18.6. The Morgan fingerprint density at radius 1 is 1.07 bits per heavy atom. The van der Waals surface area contributed by atoms with Crippen LogP contribution in [-0.2, 0) is 11.3 Å². The van der Waals surface area contributed by atoms with Crippen LogP contribution in [0.3, 0.4) is 0 Å². The Bertz CT molecular complexity index is 1210. The summed E-state index contributed by atoms with van der Waals surface area (Å²) in [6.07, 6.45) is 0.670. The molecule has 154 valence electrons. The first-order valence-corrected chi connectivity index (χ1v) is 10.6. The lowest BCUT2D eigenvalue weighted by Crippen LogP contribution is -2.14. The van der Waals surface area contributed by atoms with E-state index in [4.69, 9.17) is 9.47 Å². The topological polar surface area (TPSA) is 40.5 Å². The van der Waals surface area contributed by atoms with E-state index in [1.54, 1.807) is 13.0 Å². The Balaban J connectivity index is 1.56. The monoisotopic (exact) mass is 469 g/mol. The molecule has 0 atom stereocenters. The van der Waals surface area contributed by atoms with Gasteiger partial charge in [0, 0.05) is 17.3 Å². The SMILES string of the molecule is CCOC(=O)c1c(Br)c2cc(F)ccc2n1CCCOc1cccc2ccccc12. The largest absolute Gasteiger partial charge is 0.493 e. The first kappa shape index (κ1) is 20.4. The third kappa shape index (κ3) is 3.92. The second-order valence-electron chi connectivity index (χ2n) is 6.88. The first-order valence-electron chi connectivity index (χ1n) is 9.85. The van der Waals surface area contributed by atoms with Crippen molar-refractivity contribution in [2.75, 3.05) is 13.2 Å². The second-order valence-corrected chi connectivity index (χ2v) is 7.67. The van der Waals surface area contributed by atoms with Crippen LogP contribution in [0.1, 0.15) is 23.8 Å². The van der Waals surface area contributed by atoms with Crippen LogP contribution >= 0.6 is 15.9 Å². The predicted octanol–water partition coefficient (Wildman–Crippen LogP) is 6.34. The molecule has 0 N–H and O–H groups in total. The van der Waals surface area contributed by atoms with Crippen LogP contribution in [0.15, 0.2) is 65.1 Å². The number of fused-ring (bicyclic) bond motifs is 2. The van der Waals surface area contributed by atoms with Gasteiger partial charge in [0.05, 0.1) is 23.2 Å². The highest BCUT2D eigenvalue weighted by molar-refractivity contribution is 9.10. The van der Waals surface area contributed by atoms with Crippen molar-refractivity contribution in [2.24, 2.45) is 0 Å². The summed E-state index contributed by atoms with van der Waals surface area (Å²) < 4.78 is 27.4. The summed E-state index contributed by atoms with van der Waals surface area (Å²) in [4.78, 5) is 12.5. The number of carbonyl (C=O) groups is 1. The lowest BCUT2D eigenvalue weighted by atomic mass is 10.1. The zero-order chi connectivity index (χ0) is 21.1. The number of hydrogen-bond donors (Lipinski definition) is 0. The van der Waals surface area contributed by atoms with Gasteiger partial charge in [-0.3, -0.25) is 0 Å². The quantitative estimate of drug-likeness (QED) is 0.234. The maximum atomic E-state index is 13.8. The molecule has 1 aromatic heterocycles. The molecule has 3 aromatic carbocycles. The van der Waals surface area contributed by atoms with Crippen LogP contribution in [0.5, 0.6) is 5.75 Å². The van der Waals surface area contributed by atoms with E-state index >= 15 is 0 Å². The molecule has 1 heterocycles. The van der Waals surface area contributed by atoms with Gasteiger partial charge in [0.1, 0.15) is 17.3 Å². The number of nitrogens with zero attached hydrogens (tertiary/aromatic N) is 1. The molecule has 30 heavy (non-hydrogen) atoms. The minimum Gasteiger partial charge on any atom is -0.493 e. The Hall–Kier alpha value is -2.86. The highest BCUT2D eigenvalue weighted by Gasteiger charge is 2.22. The Morgan fingerprint density at radius 3 is 2.70 bits per heavy atom. The van der Waals surface area contributed by atoms with Gasteiger partial charge >= 0.3 is 5.97 Å². The second kappa shape index (κ2) is 8.88. The van der Waals surface area contributed by atoms with Crippen LogP contribution in [0.4, 0.5) is 4.39 Å². The number of rotatable bonds is 7. The lowest BCUT2D eigenvalue weighted by molar-refractivity contribution is 0.0512. The number of carbonyl (C=O) groups excluding carboxylic acids is 1. The number of esters is 1. The average molecular weight is 470 g/mol. The van der Waals surface area contributed by atoms with E-state index in [2.05, 4.69) is 28.1 Å². The van der Waals surface area contributed by atoms with Crippen molar-refractivity contribution in [2.45, 2.75) is 19.9 Å². The number of halogens is 2. The van der Waals surface area contributed by atoms with Gasteiger partial charge in [-0.1, -0.05) is 36.4 Å². The number of hydrogen-bond acceptors (Lipinski definition) is 3. The van der Waals surface area contributed by atoms with Gasteiger partial charge in [0.25, 0.3) is 0 Å². The van der Waals surface area contributed by atoms with E-state index in [1.807, 2.05) is 34.9 Å². The summed E-state index contributed by atoms with van der Waals surface area (Å²) in [6.45, 7) is 3.04. The van der Waals surface area contributed by atoms with E-state index in [9.17, 15) is 9.18 Å². The van der Waals surface area contributed by atoms with Gasteiger partial charge < -0.3 is 14.0 Å². The summed E-state index contributed by atoms with van der Waals surface area (Å²) in [5.41, 5.74) is 1.17. The molecule has 0 aliphatic rings. The minimum absolute atomic E-state index is 0.269. The van der Waals surface area contributed by atoms with Gasteiger partial charge in [0.2, 0.25) is 0 Å². The van der Waals surface area contributed by atoms with Gasteiger partial charge in [-0.15, -0.1) is 0 Å². The van der Waals surface area contributed by atoms with Crippen molar-refractivity contribution >= 4 is 43.6 Å². The van der Waals surface area contributed by atoms with Crippen LogP contribution in [0.2, 0.25) is 0 Å². The molecule has 0 fully saturated rings. The third-order valence-electron chi connectivity index (χ3n) is 4.97. The molecule has 6 heteroatoms. The summed E-state index contributed by atoms with van der Waals surface area (Å²) >= 11 is 3.46. The molecular weight excluding hydrogens is 449 g/mol. The fourth-order valence-corrected chi connectivity index (χ4v) is 4.34. The molecule has 4 aromatic rings. The predicted molar refractivity (Wildman–Crippen MR) is 120 cm³/mol. The van der Waals surface area contributed by atoms with Crippen LogP contribution in [0, 0.1) is 5.82 Å². The van der Waals surface area contributed by atoms with Gasteiger partial charge in [0.15, 0.2) is 0 Å². The summed E-state index contributed by atoms with van der Waals surface area (Å²) in [7, 11) is 0. The van der Waals surface area contributed by atoms with Crippen molar-refractivity contribution in [3.8, 4) is 5.75 Å². The fraction of sp³-hybridized carbons (Fsp3) is 0.208. The minimum atomic E-state index is -0.434. The fourth-order valence-electron chi connectivity index (χ4n) is 3.64. The normalized spacial score (nSPS) is 11.2. The van der Waals surface area contributed by atoms with Gasteiger partial charge in [-0.2, -0.15) is 0 Å².